The lowest BCUT2D eigenvalue weighted by Gasteiger charge is -2.21. The molecule has 0 spiro atoms. The molecule has 0 heterocycles. The average Bonchev–Trinajstić information content (AvgIpc) is 3.00. The van der Waals surface area contributed by atoms with Crippen molar-refractivity contribution in [3.8, 4) is 0 Å². The minimum atomic E-state index is -4.35. The molecule has 0 aromatic heterocycles. The molecule has 0 aromatic carbocycles. The van der Waals surface area contributed by atoms with Crippen LogP contribution in [0.2, 0.25) is 0 Å². The fraction of sp³-hybridized carbons (Fsp3) is 0.763. The van der Waals surface area contributed by atoms with E-state index in [4.69, 9.17) is 0 Å². The first-order valence-electron chi connectivity index (χ1n) is 18.3. The molecule has 0 fully saturated rings. The van der Waals surface area contributed by atoms with Gasteiger partial charge in [0, 0.05) is 6.42 Å². The quantitative estimate of drug-likeness (QED) is 0.0381. The third-order valence-electron chi connectivity index (χ3n) is 7.98. The summed E-state index contributed by atoms with van der Waals surface area (Å²) in [5.41, 5.74) is 0. The minimum Gasteiger partial charge on any atom is -0.387 e. The summed E-state index contributed by atoms with van der Waals surface area (Å²) in [5.74, 6) is -1.01. The van der Waals surface area contributed by atoms with Crippen LogP contribution in [-0.2, 0) is 14.9 Å². The lowest BCUT2D eigenvalue weighted by Crippen LogP contribution is -2.46. The third kappa shape index (κ3) is 33.5. The molecule has 0 aromatic rings. The zero-order chi connectivity index (χ0) is 33.3. The van der Waals surface area contributed by atoms with Gasteiger partial charge in [0.1, 0.15) is 0 Å². The Morgan fingerprint density at radius 2 is 1.02 bits per heavy atom. The van der Waals surface area contributed by atoms with Crippen LogP contribution in [-0.4, -0.2) is 41.9 Å². The van der Waals surface area contributed by atoms with E-state index in [9.17, 15) is 22.9 Å². The van der Waals surface area contributed by atoms with Gasteiger partial charge in [0.05, 0.1) is 17.9 Å². The number of rotatable bonds is 32. The number of carbonyl (C=O) groups is 1. The van der Waals surface area contributed by atoms with E-state index < -0.39 is 28.0 Å². The minimum absolute atomic E-state index is 0.282. The van der Waals surface area contributed by atoms with Crippen LogP contribution in [0.15, 0.2) is 48.6 Å². The van der Waals surface area contributed by atoms with Gasteiger partial charge in [-0.2, -0.15) is 8.42 Å². The van der Waals surface area contributed by atoms with Gasteiger partial charge in [-0.3, -0.25) is 9.35 Å². The fourth-order valence-corrected chi connectivity index (χ4v) is 5.93. The summed E-state index contributed by atoms with van der Waals surface area (Å²) in [4.78, 5) is 12.4. The van der Waals surface area contributed by atoms with Gasteiger partial charge in [-0.1, -0.05) is 146 Å². The van der Waals surface area contributed by atoms with E-state index in [0.717, 1.165) is 44.9 Å². The van der Waals surface area contributed by atoms with Crippen LogP contribution in [0, 0.1) is 0 Å². The highest BCUT2D eigenvalue weighted by atomic mass is 32.2. The lowest BCUT2D eigenvalue weighted by molar-refractivity contribution is -0.122. The van der Waals surface area contributed by atoms with Crippen LogP contribution in [0.1, 0.15) is 168 Å². The number of aliphatic hydroxyl groups is 1. The molecule has 0 aliphatic heterocycles. The number of hydrogen-bond donors (Lipinski definition) is 3. The van der Waals surface area contributed by atoms with Gasteiger partial charge in [-0.15, -0.1) is 0 Å². The maximum Gasteiger partial charge on any atom is 0.267 e. The molecule has 1 amide bonds. The summed E-state index contributed by atoms with van der Waals surface area (Å²) in [6.45, 7) is 4.45. The second-order valence-electron chi connectivity index (χ2n) is 12.5. The molecule has 6 nitrogen and oxygen atoms in total. The lowest BCUT2D eigenvalue weighted by atomic mass is 10.1. The maximum atomic E-state index is 12.4. The Kier molecular flexibility index (Phi) is 31.0. The molecule has 7 heteroatoms. The molecule has 2 atom stereocenters. The molecular weight excluding hydrogens is 582 g/mol. The van der Waals surface area contributed by atoms with Crippen molar-refractivity contribution in [2.45, 2.75) is 180 Å². The Labute approximate surface area is 278 Å². The number of aliphatic hydroxyl groups excluding tert-OH is 1. The molecule has 262 valence electrons. The number of hydrogen-bond acceptors (Lipinski definition) is 4. The Bertz CT molecular complexity index is 894. The summed E-state index contributed by atoms with van der Waals surface area (Å²) in [5, 5.41) is 13.1. The van der Waals surface area contributed by atoms with E-state index in [2.05, 4.69) is 55.6 Å². The van der Waals surface area contributed by atoms with Gasteiger partial charge in [-0.25, -0.2) is 0 Å². The number of carbonyl (C=O) groups excluding carboxylic acids is 1. The highest BCUT2D eigenvalue weighted by Gasteiger charge is 2.24. The van der Waals surface area contributed by atoms with Crippen LogP contribution in [0.3, 0.4) is 0 Å². The Hall–Kier alpha value is -1.70. The molecule has 0 saturated carbocycles. The van der Waals surface area contributed by atoms with Gasteiger partial charge in [0.2, 0.25) is 5.91 Å². The highest BCUT2D eigenvalue weighted by Crippen LogP contribution is 2.12. The largest absolute Gasteiger partial charge is 0.387 e. The van der Waals surface area contributed by atoms with E-state index in [-0.39, 0.29) is 12.3 Å². The molecule has 0 aliphatic carbocycles. The monoisotopic (exact) mass is 651 g/mol. The van der Waals surface area contributed by atoms with Gasteiger partial charge < -0.3 is 10.4 Å². The second-order valence-corrected chi connectivity index (χ2v) is 14.0. The summed E-state index contributed by atoms with van der Waals surface area (Å²) in [7, 11) is -4.35. The van der Waals surface area contributed by atoms with Crippen molar-refractivity contribution >= 4 is 16.0 Å². The van der Waals surface area contributed by atoms with Gasteiger partial charge in [-0.05, 0) is 64.2 Å². The van der Waals surface area contributed by atoms with Crippen molar-refractivity contribution in [3.05, 3.63) is 48.6 Å². The Morgan fingerprint density at radius 1 is 0.600 bits per heavy atom. The van der Waals surface area contributed by atoms with E-state index in [1.807, 2.05) is 0 Å². The van der Waals surface area contributed by atoms with Crippen molar-refractivity contribution in [1.82, 2.24) is 5.32 Å². The zero-order valence-electron chi connectivity index (χ0n) is 29.0. The Balaban J connectivity index is 3.98. The number of unbranched alkanes of at least 4 members (excludes halogenated alkanes) is 18. The molecule has 2 unspecified atom stereocenters. The van der Waals surface area contributed by atoms with Crippen LogP contribution < -0.4 is 5.32 Å². The predicted molar refractivity (Wildman–Crippen MR) is 193 cm³/mol. The number of amides is 1. The van der Waals surface area contributed by atoms with Crippen LogP contribution in [0.25, 0.3) is 0 Å². The topological polar surface area (TPSA) is 104 Å². The molecule has 0 radical (unpaired) electrons. The second kappa shape index (κ2) is 32.2. The van der Waals surface area contributed by atoms with Crippen molar-refractivity contribution in [2.24, 2.45) is 0 Å². The van der Waals surface area contributed by atoms with Crippen molar-refractivity contribution in [2.75, 3.05) is 5.75 Å². The predicted octanol–water partition coefficient (Wildman–Crippen LogP) is 10.3. The summed E-state index contributed by atoms with van der Waals surface area (Å²) >= 11 is 0. The fourth-order valence-electron chi connectivity index (χ4n) is 5.20. The van der Waals surface area contributed by atoms with E-state index in [0.29, 0.717) is 6.42 Å². The van der Waals surface area contributed by atoms with E-state index in [1.165, 1.54) is 102 Å². The first-order chi connectivity index (χ1) is 21.8. The zero-order valence-corrected chi connectivity index (χ0v) is 29.8. The van der Waals surface area contributed by atoms with Crippen LogP contribution in [0.5, 0.6) is 0 Å². The van der Waals surface area contributed by atoms with Crippen molar-refractivity contribution < 1.29 is 22.9 Å². The van der Waals surface area contributed by atoms with E-state index in [1.54, 1.807) is 6.08 Å². The molecular formula is C38H69NO5S. The standard InChI is InChI=1S/C38H69NO5S/c1-3-5-7-9-11-13-15-16-17-18-19-20-21-22-24-26-28-30-32-34-38(41)39-36(35-45(42,43)44)37(40)33-31-29-27-25-23-14-12-10-8-6-4-2/h11,13,16-17,23,25,31,33,36-37,40H,3-10,12,14-15,18-22,24,26-30,32,34-35H2,1-2H3,(H,39,41)(H,42,43,44)/b13-11-,17-16-,25-23+,33-31+. The van der Waals surface area contributed by atoms with Gasteiger partial charge in [0.25, 0.3) is 10.1 Å². The summed E-state index contributed by atoms with van der Waals surface area (Å²) in [6, 6.07) is -1.07. The third-order valence-corrected chi connectivity index (χ3v) is 8.76. The van der Waals surface area contributed by atoms with Crippen LogP contribution in [0.4, 0.5) is 0 Å². The Morgan fingerprint density at radius 3 is 1.58 bits per heavy atom. The molecule has 0 saturated heterocycles. The number of nitrogens with one attached hydrogen (secondary N) is 1. The molecule has 3 N–H and O–H groups in total. The molecule has 0 bridgehead atoms. The van der Waals surface area contributed by atoms with Gasteiger partial charge >= 0.3 is 0 Å². The molecule has 0 rings (SSSR count). The van der Waals surface area contributed by atoms with E-state index >= 15 is 0 Å². The highest BCUT2D eigenvalue weighted by molar-refractivity contribution is 7.85. The van der Waals surface area contributed by atoms with Crippen molar-refractivity contribution in [3.63, 3.8) is 0 Å². The average molecular weight is 652 g/mol. The maximum absolute atomic E-state index is 12.4. The number of allylic oxidation sites excluding steroid dienone is 7. The van der Waals surface area contributed by atoms with Crippen molar-refractivity contribution in [1.29, 1.82) is 0 Å². The van der Waals surface area contributed by atoms with Crippen LogP contribution >= 0.6 is 0 Å². The first kappa shape index (κ1) is 43.3. The molecule has 45 heavy (non-hydrogen) atoms. The SMILES string of the molecule is CCCCC/C=C\C/C=C\CCCCCCCCCCCC(=O)NC(CS(=O)(=O)O)C(O)/C=C/CC/C=C/CCCCCCC. The summed E-state index contributed by atoms with van der Waals surface area (Å²) in [6.07, 6.45) is 42.4. The normalized spacial score (nSPS) is 14.0. The van der Waals surface area contributed by atoms with Gasteiger partial charge in [0.15, 0.2) is 0 Å². The first-order valence-corrected chi connectivity index (χ1v) is 19.9. The molecule has 0 aliphatic rings. The summed E-state index contributed by atoms with van der Waals surface area (Å²) < 4.78 is 32.3. The smallest absolute Gasteiger partial charge is 0.267 e.